The minimum atomic E-state index is -0.232. The molecule has 23 heavy (non-hydrogen) atoms. The van der Waals surface area contributed by atoms with E-state index in [1.165, 1.54) is 11.1 Å². The highest BCUT2D eigenvalue weighted by Gasteiger charge is 2.50. The fraction of sp³-hybridized carbons (Fsp3) is 0.600. The Hall–Kier alpha value is -1.06. The van der Waals surface area contributed by atoms with Gasteiger partial charge in [-0.25, -0.2) is 0 Å². The van der Waals surface area contributed by atoms with E-state index in [2.05, 4.69) is 84.9 Å². The molecule has 1 aliphatic rings. The molecule has 0 unspecified atom stereocenters. The van der Waals surface area contributed by atoms with Crippen molar-refractivity contribution in [3.05, 3.63) is 41.5 Å². The average molecular weight is 314 g/mol. The maximum absolute atomic E-state index is 6.01. The van der Waals surface area contributed by atoms with Crippen molar-refractivity contribution in [1.82, 2.24) is 0 Å². The van der Waals surface area contributed by atoms with E-state index in [0.717, 1.165) is 12.7 Å². The Morgan fingerprint density at radius 1 is 0.957 bits per heavy atom. The lowest BCUT2D eigenvalue weighted by atomic mass is 9.83. The van der Waals surface area contributed by atoms with Crippen LogP contribution in [0.1, 0.15) is 66.0 Å². The molecule has 1 heterocycles. The Morgan fingerprint density at radius 2 is 1.48 bits per heavy atom. The van der Waals surface area contributed by atoms with Gasteiger partial charge in [-0.2, -0.15) is 0 Å². The summed E-state index contributed by atoms with van der Waals surface area (Å²) < 4.78 is 12.0. The Kier molecular flexibility index (Phi) is 5.13. The van der Waals surface area contributed by atoms with Crippen molar-refractivity contribution >= 4 is 13.2 Å². The molecule has 0 radical (unpaired) electrons. The molecule has 2 rings (SSSR count). The lowest BCUT2D eigenvalue weighted by Gasteiger charge is -2.32. The minimum Gasteiger partial charge on any atom is -0.403 e. The van der Waals surface area contributed by atoms with Crippen molar-refractivity contribution < 1.29 is 9.31 Å². The zero-order chi connectivity index (χ0) is 17.3. The third-order valence-corrected chi connectivity index (χ3v) is 4.96. The smallest absolute Gasteiger partial charge is 0.403 e. The van der Waals surface area contributed by atoms with Crippen LogP contribution in [0.4, 0.5) is 0 Å². The van der Waals surface area contributed by atoms with E-state index in [-0.39, 0.29) is 23.7 Å². The van der Waals surface area contributed by atoms with Crippen LogP contribution in [0, 0.1) is 0 Å². The van der Waals surface area contributed by atoms with E-state index in [1.54, 1.807) is 0 Å². The summed E-state index contributed by atoms with van der Waals surface area (Å²) in [5.41, 5.74) is 2.35. The summed E-state index contributed by atoms with van der Waals surface area (Å²) in [6.45, 7) is 15.1. The molecule has 0 N–H and O–H groups in total. The number of hydrogen-bond donors (Lipinski definition) is 0. The third-order valence-electron chi connectivity index (χ3n) is 4.96. The average Bonchev–Trinajstić information content (AvgIpc) is 2.62. The highest BCUT2D eigenvalue weighted by atomic mass is 16.7. The Bertz CT molecular complexity index is 534. The maximum Gasteiger partial charge on any atom is 0.458 e. The van der Waals surface area contributed by atoms with Gasteiger partial charge in [-0.05, 0) is 57.0 Å². The van der Waals surface area contributed by atoms with Crippen LogP contribution in [-0.4, -0.2) is 18.3 Å². The number of rotatable bonds is 4. The summed E-state index contributed by atoms with van der Waals surface area (Å²) in [5.74, 6) is 0. The second-order valence-electron chi connectivity index (χ2n) is 8.54. The minimum absolute atomic E-state index is 0.104. The van der Waals surface area contributed by atoms with Gasteiger partial charge in [0.1, 0.15) is 0 Å². The highest BCUT2D eigenvalue weighted by molar-refractivity contribution is 6.45. The van der Waals surface area contributed by atoms with Crippen LogP contribution in [0.3, 0.4) is 0 Å². The topological polar surface area (TPSA) is 18.5 Å². The first-order valence-electron chi connectivity index (χ1n) is 8.64. The first-order chi connectivity index (χ1) is 10.5. The molecular formula is C20H31BO2. The summed E-state index contributed by atoms with van der Waals surface area (Å²) >= 11 is 0. The van der Waals surface area contributed by atoms with Gasteiger partial charge >= 0.3 is 7.12 Å². The molecule has 0 saturated carbocycles. The lowest BCUT2D eigenvalue weighted by molar-refractivity contribution is 0.00578. The van der Waals surface area contributed by atoms with Crippen molar-refractivity contribution in [2.24, 2.45) is 0 Å². The first kappa shape index (κ1) is 18.3. The van der Waals surface area contributed by atoms with Gasteiger partial charge in [-0.1, -0.05) is 57.2 Å². The summed E-state index contributed by atoms with van der Waals surface area (Å²) in [6, 6.07) is 8.81. The molecule has 2 nitrogen and oxygen atoms in total. The quantitative estimate of drug-likeness (QED) is 0.685. The SMILES string of the molecule is CC(C)(C)c1ccc(/C=C/CCB2OC(C)(C)C(C)(C)O2)cc1. The second kappa shape index (κ2) is 6.45. The number of allylic oxidation sites excluding steroid dienone is 1. The maximum atomic E-state index is 6.01. The molecule has 1 aliphatic heterocycles. The Labute approximate surface area is 142 Å². The van der Waals surface area contributed by atoms with E-state index >= 15 is 0 Å². The van der Waals surface area contributed by atoms with E-state index in [0.29, 0.717) is 0 Å². The molecular weight excluding hydrogens is 283 g/mol. The van der Waals surface area contributed by atoms with Crippen molar-refractivity contribution in [3.63, 3.8) is 0 Å². The summed E-state index contributed by atoms with van der Waals surface area (Å²) in [7, 11) is -0.104. The predicted molar refractivity (Wildman–Crippen MR) is 99.7 cm³/mol. The standard InChI is InChI=1S/C20H31BO2/c1-18(2,3)17-13-11-16(12-14-17)10-8-9-15-21-22-19(4,5)20(6,7)23-21/h8,10-14H,9,15H2,1-7H3/b10-8+. The van der Waals surface area contributed by atoms with Crippen LogP contribution >= 0.6 is 0 Å². The van der Waals surface area contributed by atoms with Crippen molar-refractivity contribution in [1.29, 1.82) is 0 Å². The zero-order valence-electron chi connectivity index (χ0n) is 15.8. The monoisotopic (exact) mass is 314 g/mol. The highest BCUT2D eigenvalue weighted by Crippen LogP contribution is 2.38. The molecule has 0 bridgehead atoms. The fourth-order valence-corrected chi connectivity index (χ4v) is 2.63. The van der Waals surface area contributed by atoms with E-state index < -0.39 is 0 Å². The molecule has 0 aliphatic carbocycles. The van der Waals surface area contributed by atoms with Gasteiger partial charge in [-0.3, -0.25) is 0 Å². The van der Waals surface area contributed by atoms with E-state index in [9.17, 15) is 0 Å². The van der Waals surface area contributed by atoms with Crippen LogP contribution in [0.15, 0.2) is 30.3 Å². The summed E-state index contributed by atoms with van der Waals surface area (Å²) in [4.78, 5) is 0. The van der Waals surface area contributed by atoms with Gasteiger partial charge in [-0.15, -0.1) is 0 Å². The van der Waals surface area contributed by atoms with Crippen molar-refractivity contribution in [3.8, 4) is 0 Å². The van der Waals surface area contributed by atoms with Crippen LogP contribution in [0.25, 0.3) is 6.08 Å². The van der Waals surface area contributed by atoms with Gasteiger partial charge in [0, 0.05) is 0 Å². The van der Waals surface area contributed by atoms with Gasteiger partial charge in [0.05, 0.1) is 11.2 Å². The van der Waals surface area contributed by atoms with Crippen LogP contribution < -0.4 is 0 Å². The van der Waals surface area contributed by atoms with Crippen LogP contribution in [-0.2, 0) is 14.7 Å². The Morgan fingerprint density at radius 3 is 1.96 bits per heavy atom. The molecule has 0 amide bonds. The fourth-order valence-electron chi connectivity index (χ4n) is 2.63. The normalized spacial score (nSPS) is 20.4. The van der Waals surface area contributed by atoms with Crippen LogP contribution in [0.5, 0.6) is 0 Å². The van der Waals surface area contributed by atoms with Crippen molar-refractivity contribution in [2.75, 3.05) is 0 Å². The lowest BCUT2D eigenvalue weighted by Crippen LogP contribution is -2.41. The Balaban J connectivity index is 1.84. The zero-order valence-corrected chi connectivity index (χ0v) is 15.8. The number of benzene rings is 1. The van der Waals surface area contributed by atoms with Gasteiger partial charge < -0.3 is 9.31 Å². The van der Waals surface area contributed by atoms with Gasteiger partial charge in [0.2, 0.25) is 0 Å². The second-order valence-corrected chi connectivity index (χ2v) is 8.54. The molecule has 126 valence electrons. The molecule has 0 atom stereocenters. The number of hydrogen-bond acceptors (Lipinski definition) is 2. The van der Waals surface area contributed by atoms with Gasteiger partial charge in [0.15, 0.2) is 0 Å². The molecule has 1 aromatic rings. The van der Waals surface area contributed by atoms with Crippen LogP contribution in [0.2, 0.25) is 6.32 Å². The molecule has 0 spiro atoms. The molecule has 1 fully saturated rings. The molecule has 0 aromatic heterocycles. The van der Waals surface area contributed by atoms with E-state index in [1.807, 2.05) is 0 Å². The summed E-state index contributed by atoms with van der Waals surface area (Å²) in [6.07, 6.45) is 6.23. The van der Waals surface area contributed by atoms with Crippen molar-refractivity contribution in [2.45, 2.75) is 77.8 Å². The first-order valence-corrected chi connectivity index (χ1v) is 8.64. The van der Waals surface area contributed by atoms with E-state index in [4.69, 9.17) is 9.31 Å². The summed E-state index contributed by atoms with van der Waals surface area (Å²) in [5, 5.41) is 0. The molecule has 3 heteroatoms. The molecule has 1 aromatic carbocycles. The van der Waals surface area contributed by atoms with Gasteiger partial charge in [0.25, 0.3) is 0 Å². The molecule has 1 saturated heterocycles. The largest absolute Gasteiger partial charge is 0.458 e. The third kappa shape index (κ3) is 4.48. The predicted octanol–water partition coefficient (Wildman–Crippen LogP) is 5.48.